The number of carbonyl (C=O) groups is 2. The fraction of sp³-hybridized carbons (Fsp3) is 0.778. The van der Waals surface area contributed by atoms with Gasteiger partial charge in [0.1, 0.15) is 0 Å². The van der Waals surface area contributed by atoms with Gasteiger partial charge in [-0.05, 0) is 6.92 Å². The normalized spacial score (nSPS) is 18.0. The quantitative estimate of drug-likeness (QED) is 0.702. The average molecular weight is 232 g/mol. The molecule has 1 atom stereocenters. The van der Waals surface area contributed by atoms with Crippen molar-refractivity contribution < 1.29 is 14.7 Å². The third kappa shape index (κ3) is 4.53. The maximum absolute atomic E-state index is 11.2. The van der Waals surface area contributed by atoms with Crippen molar-refractivity contribution in [1.29, 1.82) is 0 Å². The number of hydrogen-bond acceptors (Lipinski definition) is 4. The molecule has 1 fully saturated rings. The highest BCUT2D eigenvalue weighted by Gasteiger charge is 2.21. The van der Waals surface area contributed by atoms with Crippen LogP contribution < -0.4 is 5.32 Å². The molecule has 2 N–H and O–H groups in total. The summed E-state index contributed by atoms with van der Waals surface area (Å²) in [7, 11) is 0. The summed E-state index contributed by atoms with van der Waals surface area (Å²) in [5.74, 6) is 0.689. The number of hydrogen-bond donors (Lipinski definition) is 2. The van der Waals surface area contributed by atoms with E-state index >= 15 is 0 Å². The van der Waals surface area contributed by atoms with Crippen LogP contribution in [0.15, 0.2) is 0 Å². The smallest absolute Gasteiger partial charge is 0.281 e. The molecule has 0 unspecified atom stereocenters. The number of nitrogens with one attached hydrogen (secondary N) is 1. The lowest BCUT2D eigenvalue weighted by molar-refractivity contribution is -0.121. The predicted octanol–water partition coefficient (Wildman–Crippen LogP) is 0.0423. The van der Waals surface area contributed by atoms with Crippen LogP contribution in [0.4, 0.5) is 4.79 Å². The Labute approximate surface area is 93.2 Å². The molecule has 0 aromatic carbocycles. The van der Waals surface area contributed by atoms with Gasteiger partial charge in [0.2, 0.25) is 5.91 Å². The molecular weight excluding hydrogens is 216 g/mol. The summed E-state index contributed by atoms with van der Waals surface area (Å²) < 4.78 is 0. The Balaban J connectivity index is 2.13. The zero-order valence-corrected chi connectivity index (χ0v) is 9.55. The molecule has 1 heterocycles. The number of aliphatic hydroxyl groups is 1. The summed E-state index contributed by atoms with van der Waals surface area (Å²) in [5.41, 5.74) is 0. The van der Waals surface area contributed by atoms with E-state index in [1.54, 1.807) is 11.8 Å². The minimum absolute atomic E-state index is 0.0540. The predicted molar refractivity (Wildman–Crippen MR) is 58.7 cm³/mol. The fourth-order valence-corrected chi connectivity index (χ4v) is 2.07. The lowest BCUT2D eigenvalue weighted by Gasteiger charge is -2.14. The third-order valence-electron chi connectivity index (χ3n) is 2.05. The Kier molecular flexibility index (Phi) is 4.90. The van der Waals surface area contributed by atoms with Crippen LogP contribution in [0.1, 0.15) is 13.3 Å². The maximum Gasteiger partial charge on any atom is 0.281 e. The van der Waals surface area contributed by atoms with Gasteiger partial charge in [-0.25, -0.2) is 0 Å². The maximum atomic E-state index is 11.2. The van der Waals surface area contributed by atoms with Crippen LogP contribution in [0.2, 0.25) is 0 Å². The summed E-state index contributed by atoms with van der Waals surface area (Å²) >= 11 is 1.29. The first-order valence-corrected chi connectivity index (χ1v) is 5.94. The first-order chi connectivity index (χ1) is 7.09. The van der Waals surface area contributed by atoms with E-state index in [0.29, 0.717) is 13.0 Å². The van der Waals surface area contributed by atoms with Crippen molar-refractivity contribution in [3.05, 3.63) is 0 Å². The van der Waals surface area contributed by atoms with Crippen LogP contribution in [-0.2, 0) is 4.79 Å². The van der Waals surface area contributed by atoms with Gasteiger partial charge in [-0.1, -0.05) is 11.8 Å². The van der Waals surface area contributed by atoms with Gasteiger partial charge < -0.3 is 15.3 Å². The molecule has 1 rings (SSSR count). The van der Waals surface area contributed by atoms with Crippen molar-refractivity contribution in [3.63, 3.8) is 0 Å². The molecule has 5 nitrogen and oxygen atoms in total. The molecule has 0 aliphatic carbocycles. The molecule has 0 aromatic rings. The molecule has 1 aliphatic rings. The zero-order valence-electron chi connectivity index (χ0n) is 8.73. The number of thioether (sulfide) groups is 1. The van der Waals surface area contributed by atoms with E-state index in [0.717, 1.165) is 12.3 Å². The van der Waals surface area contributed by atoms with E-state index in [-0.39, 0.29) is 17.7 Å². The van der Waals surface area contributed by atoms with E-state index < -0.39 is 6.10 Å². The van der Waals surface area contributed by atoms with Gasteiger partial charge in [0.05, 0.1) is 6.10 Å². The molecule has 2 amide bonds. The van der Waals surface area contributed by atoms with E-state index in [1.165, 1.54) is 11.8 Å². The molecule has 0 saturated carbocycles. The van der Waals surface area contributed by atoms with E-state index in [2.05, 4.69) is 5.32 Å². The number of carbonyl (C=O) groups excluding carboxylic acids is 2. The number of rotatable bonds is 5. The second kappa shape index (κ2) is 5.97. The molecule has 1 aliphatic heterocycles. The van der Waals surface area contributed by atoms with Crippen LogP contribution in [0, 0.1) is 0 Å². The third-order valence-corrected chi connectivity index (χ3v) is 2.94. The molecule has 6 heteroatoms. The van der Waals surface area contributed by atoms with Crippen LogP contribution in [0.25, 0.3) is 0 Å². The Hall–Kier alpha value is -0.750. The van der Waals surface area contributed by atoms with Crippen molar-refractivity contribution in [1.82, 2.24) is 10.2 Å². The Morgan fingerprint density at radius 2 is 2.47 bits per heavy atom. The average Bonchev–Trinajstić information content (AvgIpc) is 2.58. The van der Waals surface area contributed by atoms with Gasteiger partial charge in [-0.15, -0.1) is 0 Å². The van der Waals surface area contributed by atoms with Crippen LogP contribution in [0.5, 0.6) is 0 Å². The standard InChI is InChI=1S/C9H16N2O3S/c1-7(12)6-10-8(13)2-3-11-4-5-15-9(11)14/h7,12H,2-6H2,1H3,(H,10,13)/t7-/m0/s1. The topological polar surface area (TPSA) is 69.6 Å². The summed E-state index contributed by atoms with van der Waals surface area (Å²) in [6.07, 6.45) is -0.225. The minimum Gasteiger partial charge on any atom is -0.392 e. The van der Waals surface area contributed by atoms with Crippen LogP contribution >= 0.6 is 11.8 Å². The van der Waals surface area contributed by atoms with E-state index in [4.69, 9.17) is 5.11 Å². The molecule has 0 aromatic heterocycles. The highest BCUT2D eigenvalue weighted by Crippen LogP contribution is 2.16. The summed E-state index contributed by atoms with van der Waals surface area (Å²) in [6, 6.07) is 0. The number of nitrogens with zero attached hydrogens (tertiary/aromatic N) is 1. The van der Waals surface area contributed by atoms with Crippen LogP contribution in [-0.4, -0.2) is 52.6 Å². The molecule has 0 radical (unpaired) electrons. The lowest BCUT2D eigenvalue weighted by Crippen LogP contribution is -2.34. The van der Waals surface area contributed by atoms with Crippen molar-refractivity contribution in [2.45, 2.75) is 19.4 Å². The largest absolute Gasteiger partial charge is 0.392 e. The van der Waals surface area contributed by atoms with Crippen molar-refractivity contribution >= 4 is 22.9 Å². The molecule has 15 heavy (non-hydrogen) atoms. The highest BCUT2D eigenvalue weighted by atomic mass is 32.2. The molecule has 86 valence electrons. The second-order valence-electron chi connectivity index (χ2n) is 3.50. The first kappa shape index (κ1) is 12.3. The highest BCUT2D eigenvalue weighted by molar-refractivity contribution is 8.13. The molecule has 0 spiro atoms. The van der Waals surface area contributed by atoms with Gasteiger partial charge in [0.25, 0.3) is 5.24 Å². The molecule has 1 saturated heterocycles. The number of aliphatic hydroxyl groups excluding tert-OH is 1. The molecule has 0 bridgehead atoms. The van der Waals surface area contributed by atoms with Crippen molar-refractivity contribution in [2.75, 3.05) is 25.4 Å². The van der Waals surface area contributed by atoms with Crippen molar-refractivity contribution in [2.24, 2.45) is 0 Å². The van der Waals surface area contributed by atoms with Gasteiger partial charge in [-0.2, -0.15) is 0 Å². The van der Waals surface area contributed by atoms with Gasteiger partial charge >= 0.3 is 0 Å². The van der Waals surface area contributed by atoms with Crippen LogP contribution in [0.3, 0.4) is 0 Å². The first-order valence-electron chi connectivity index (χ1n) is 4.96. The molecular formula is C9H16N2O3S. The minimum atomic E-state index is -0.530. The van der Waals surface area contributed by atoms with E-state index in [1.807, 2.05) is 0 Å². The summed E-state index contributed by atoms with van der Waals surface area (Å²) in [6.45, 7) is 3.08. The van der Waals surface area contributed by atoms with Gasteiger partial charge in [0, 0.05) is 31.8 Å². The monoisotopic (exact) mass is 232 g/mol. The lowest BCUT2D eigenvalue weighted by atomic mass is 10.3. The fourth-order valence-electron chi connectivity index (χ4n) is 1.22. The Morgan fingerprint density at radius 3 is 3.00 bits per heavy atom. The Morgan fingerprint density at radius 1 is 1.73 bits per heavy atom. The SMILES string of the molecule is C[C@H](O)CNC(=O)CCN1CCSC1=O. The van der Waals surface area contributed by atoms with Crippen molar-refractivity contribution in [3.8, 4) is 0 Å². The summed E-state index contributed by atoms with van der Waals surface area (Å²) in [5, 5.41) is 11.6. The van der Waals surface area contributed by atoms with Gasteiger partial charge in [-0.3, -0.25) is 9.59 Å². The second-order valence-corrected chi connectivity index (χ2v) is 4.55. The van der Waals surface area contributed by atoms with Gasteiger partial charge in [0.15, 0.2) is 0 Å². The van der Waals surface area contributed by atoms with E-state index in [9.17, 15) is 9.59 Å². The summed E-state index contributed by atoms with van der Waals surface area (Å²) in [4.78, 5) is 24.1. The number of amides is 2. The Bertz CT molecular complexity index is 246. The zero-order chi connectivity index (χ0) is 11.3.